The maximum absolute atomic E-state index is 3.74. The first-order valence-electron chi connectivity index (χ1n) is 7.60. The van der Waals surface area contributed by atoms with Crippen molar-refractivity contribution in [2.75, 3.05) is 13.1 Å². The van der Waals surface area contributed by atoms with Crippen LogP contribution in [0.5, 0.6) is 0 Å². The molecule has 1 aromatic rings. The van der Waals surface area contributed by atoms with Gasteiger partial charge in [0.2, 0.25) is 0 Å². The van der Waals surface area contributed by atoms with Crippen LogP contribution in [0.15, 0.2) is 18.2 Å². The van der Waals surface area contributed by atoms with E-state index < -0.39 is 0 Å². The molecule has 0 radical (unpaired) electrons. The largest absolute Gasteiger partial charge is 0.310 e. The summed E-state index contributed by atoms with van der Waals surface area (Å²) in [5.74, 6) is 0. The average Bonchev–Trinajstić information content (AvgIpc) is 2.40. The number of benzene rings is 1. The predicted octanol–water partition coefficient (Wildman–Crippen LogP) is 3.27. The molecule has 1 aliphatic heterocycles. The van der Waals surface area contributed by atoms with Crippen molar-refractivity contribution in [2.24, 2.45) is 0 Å². The van der Waals surface area contributed by atoms with Crippen LogP contribution in [0.1, 0.15) is 43.4 Å². The summed E-state index contributed by atoms with van der Waals surface area (Å²) >= 11 is 0. The number of nitrogens with one attached hydrogen (secondary N) is 1. The summed E-state index contributed by atoms with van der Waals surface area (Å²) in [7, 11) is 0. The van der Waals surface area contributed by atoms with Crippen LogP contribution in [-0.2, 0) is 6.54 Å². The van der Waals surface area contributed by atoms with Gasteiger partial charge in [-0.2, -0.15) is 0 Å². The molecule has 0 bridgehead atoms. The molecular formula is C17H28N2. The van der Waals surface area contributed by atoms with Gasteiger partial charge in [0.15, 0.2) is 0 Å². The molecule has 2 heteroatoms. The summed E-state index contributed by atoms with van der Waals surface area (Å²) in [6.07, 6.45) is 2.56. The lowest BCUT2D eigenvalue weighted by atomic mass is 10.0. The molecule has 1 fully saturated rings. The van der Waals surface area contributed by atoms with Gasteiger partial charge in [0, 0.05) is 18.6 Å². The molecule has 106 valence electrons. The maximum Gasteiger partial charge on any atom is 0.0210 e. The first kappa shape index (κ1) is 14.5. The molecule has 0 saturated carbocycles. The van der Waals surface area contributed by atoms with Gasteiger partial charge in [-0.25, -0.2) is 0 Å². The fourth-order valence-corrected chi connectivity index (χ4v) is 2.86. The van der Waals surface area contributed by atoms with E-state index in [0.717, 1.165) is 6.54 Å². The smallest absolute Gasteiger partial charge is 0.0210 e. The lowest BCUT2D eigenvalue weighted by molar-refractivity contribution is 0.161. The van der Waals surface area contributed by atoms with E-state index in [-0.39, 0.29) is 0 Å². The van der Waals surface area contributed by atoms with Crippen LogP contribution >= 0.6 is 0 Å². The molecule has 1 aliphatic rings. The lowest BCUT2D eigenvalue weighted by Crippen LogP contribution is -2.44. The lowest BCUT2D eigenvalue weighted by Gasteiger charge is -2.35. The zero-order valence-electron chi connectivity index (χ0n) is 12.9. The molecule has 1 saturated heterocycles. The molecule has 19 heavy (non-hydrogen) atoms. The molecule has 0 spiro atoms. The zero-order chi connectivity index (χ0) is 13.8. The molecule has 1 heterocycles. The van der Waals surface area contributed by atoms with E-state index in [4.69, 9.17) is 0 Å². The van der Waals surface area contributed by atoms with Gasteiger partial charge >= 0.3 is 0 Å². The summed E-state index contributed by atoms with van der Waals surface area (Å²) in [6, 6.07) is 8.12. The van der Waals surface area contributed by atoms with Crippen LogP contribution in [0.2, 0.25) is 0 Å². The Bertz CT molecular complexity index is 404. The highest BCUT2D eigenvalue weighted by Gasteiger charge is 2.20. The third-order valence-corrected chi connectivity index (χ3v) is 4.35. The zero-order valence-corrected chi connectivity index (χ0v) is 12.9. The highest BCUT2D eigenvalue weighted by atomic mass is 15.2. The first-order chi connectivity index (χ1) is 9.06. The minimum atomic E-state index is 0.690. The Labute approximate surface area is 118 Å². The number of likely N-dealkylation sites (tertiary alicyclic amines) is 1. The van der Waals surface area contributed by atoms with Crippen molar-refractivity contribution in [3.8, 4) is 0 Å². The molecule has 2 rings (SSSR count). The van der Waals surface area contributed by atoms with Crippen LogP contribution in [0, 0.1) is 13.8 Å². The van der Waals surface area contributed by atoms with Gasteiger partial charge in [0.05, 0.1) is 0 Å². The van der Waals surface area contributed by atoms with Gasteiger partial charge in [0.1, 0.15) is 0 Å². The SMILES string of the molecule is Cc1ccc(C)c(CNC2CCN(C(C)C)CC2)c1. The van der Waals surface area contributed by atoms with Crippen molar-refractivity contribution >= 4 is 0 Å². The predicted molar refractivity (Wildman–Crippen MR) is 82.5 cm³/mol. The van der Waals surface area contributed by atoms with Gasteiger partial charge in [-0.1, -0.05) is 23.8 Å². The van der Waals surface area contributed by atoms with E-state index in [2.05, 4.69) is 56.1 Å². The van der Waals surface area contributed by atoms with E-state index in [1.165, 1.54) is 42.6 Å². The molecule has 1 aromatic carbocycles. The van der Waals surface area contributed by atoms with E-state index in [9.17, 15) is 0 Å². The van der Waals surface area contributed by atoms with E-state index >= 15 is 0 Å². The van der Waals surface area contributed by atoms with Crippen LogP contribution in [-0.4, -0.2) is 30.1 Å². The van der Waals surface area contributed by atoms with Gasteiger partial charge in [-0.3, -0.25) is 0 Å². The van der Waals surface area contributed by atoms with Crippen LogP contribution in [0.3, 0.4) is 0 Å². The molecule has 0 aromatic heterocycles. The van der Waals surface area contributed by atoms with E-state index in [1.54, 1.807) is 0 Å². The van der Waals surface area contributed by atoms with Crippen molar-refractivity contribution in [3.05, 3.63) is 34.9 Å². The number of nitrogens with zero attached hydrogens (tertiary/aromatic N) is 1. The molecular weight excluding hydrogens is 232 g/mol. The molecule has 1 N–H and O–H groups in total. The summed E-state index contributed by atoms with van der Waals surface area (Å²) in [5, 5.41) is 3.74. The molecule has 0 amide bonds. The molecule has 2 nitrogen and oxygen atoms in total. The highest BCUT2D eigenvalue weighted by molar-refractivity contribution is 5.30. The Hall–Kier alpha value is -0.860. The Morgan fingerprint density at radius 1 is 1.21 bits per heavy atom. The standard InChI is InChI=1S/C17H28N2/c1-13(2)19-9-7-17(8-10-19)18-12-16-11-14(3)5-6-15(16)4/h5-6,11,13,17-18H,7-10,12H2,1-4H3. The first-order valence-corrected chi connectivity index (χ1v) is 7.60. The van der Waals surface area contributed by atoms with Gasteiger partial charge in [-0.15, -0.1) is 0 Å². The second kappa shape index (κ2) is 6.53. The minimum Gasteiger partial charge on any atom is -0.310 e. The average molecular weight is 260 g/mol. The van der Waals surface area contributed by atoms with Crippen molar-refractivity contribution in [1.82, 2.24) is 10.2 Å². The van der Waals surface area contributed by atoms with Crippen molar-refractivity contribution in [1.29, 1.82) is 0 Å². The van der Waals surface area contributed by atoms with Gasteiger partial charge in [-0.05, 0) is 64.8 Å². The Kier molecular flexibility index (Phi) is 5.00. The third kappa shape index (κ3) is 4.05. The monoisotopic (exact) mass is 260 g/mol. The Morgan fingerprint density at radius 2 is 1.89 bits per heavy atom. The van der Waals surface area contributed by atoms with E-state index in [1.807, 2.05) is 0 Å². The van der Waals surface area contributed by atoms with E-state index in [0.29, 0.717) is 12.1 Å². The Morgan fingerprint density at radius 3 is 2.53 bits per heavy atom. The highest BCUT2D eigenvalue weighted by Crippen LogP contribution is 2.15. The summed E-state index contributed by atoms with van der Waals surface area (Å²) < 4.78 is 0. The quantitative estimate of drug-likeness (QED) is 0.894. The summed E-state index contributed by atoms with van der Waals surface area (Å²) in [5.41, 5.74) is 4.21. The molecule has 0 aliphatic carbocycles. The number of rotatable bonds is 4. The maximum atomic E-state index is 3.74. The second-order valence-corrected chi connectivity index (χ2v) is 6.21. The molecule has 0 atom stereocenters. The minimum absolute atomic E-state index is 0.690. The van der Waals surface area contributed by atoms with Crippen LogP contribution < -0.4 is 5.32 Å². The van der Waals surface area contributed by atoms with Gasteiger partial charge < -0.3 is 10.2 Å². The third-order valence-electron chi connectivity index (χ3n) is 4.35. The Balaban J connectivity index is 1.82. The van der Waals surface area contributed by atoms with Crippen LogP contribution in [0.25, 0.3) is 0 Å². The van der Waals surface area contributed by atoms with Gasteiger partial charge in [0.25, 0.3) is 0 Å². The number of aryl methyl sites for hydroxylation is 2. The number of piperidine rings is 1. The van der Waals surface area contributed by atoms with Crippen LogP contribution in [0.4, 0.5) is 0 Å². The summed E-state index contributed by atoms with van der Waals surface area (Å²) in [6.45, 7) is 12.5. The fourth-order valence-electron chi connectivity index (χ4n) is 2.86. The number of hydrogen-bond acceptors (Lipinski definition) is 2. The number of hydrogen-bond donors (Lipinski definition) is 1. The fraction of sp³-hybridized carbons (Fsp3) is 0.647. The normalized spacial score (nSPS) is 18.2. The molecule has 0 unspecified atom stereocenters. The summed E-state index contributed by atoms with van der Waals surface area (Å²) in [4.78, 5) is 2.58. The van der Waals surface area contributed by atoms with Crippen molar-refractivity contribution in [2.45, 2.75) is 59.2 Å². The second-order valence-electron chi connectivity index (χ2n) is 6.21. The topological polar surface area (TPSA) is 15.3 Å². The van der Waals surface area contributed by atoms with Crippen molar-refractivity contribution < 1.29 is 0 Å². The van der Waals surface area contributed by atoms with Crippen molar-refractivity contribution in [3.63, 3.8) is 0 Å².